The number of hydrogen-bond acceptors (Lipinski definition) is 6. The van der Waals surface area contributed by atoms with Crippen molar-refractivity contribution in [1.29, 1.82) is 5.41 Å². The van der Waals surface area contributed by atoms with Gasteiger partial charge in [0, 0.05) is 19.0 Å². The summed E-state index contributed by atoms with van der Waals surface area (Å²) in [6.45, 7) is 7.12. The van der Waals surface area contributed by atoms with Crippen molar-refractivity contribution in [3.8, 4) is 0 Å². The monoisotopic (exact) mass is 550 g/mol. The summed E-state index contributed by atoms with van der Waals surface area (Å²) in [5.74, 6) is -2.88. The number of carbonyl (C=O) groups excluding carboxylic acids is 5. The molecule has 1 saturated heterocycles. The SMILES string of the molecule is CC[C@@H]1NC(=O)[C@H](CCCNC(=N)N)NC(=O)[C@](C)(NC(=O)C(C)C)CCNC(=O)[C@@H](C2CCCC2)NC1=O. The average molecular weight is 551 g/mol. The van der Waals surface area contributed by atoms with Gasteiger partial charge in [0.25, 0.3) is 0 Å². The van der Waals surface area contributed by atoms with Crippen LogP contribution < -0.4 is 37.6 Å². The third-order valence-electron chi connectivity index (χ3n) is 7.45. The maximum absolute atomic E-state index is 13.6. The Hall–Kier alpha value is -3.38. The van der Waals surface area contributed by atoms with Gasteiger partial charge in [-0.05, 0) is 51.4 Å². The van der Waals surface area contributed by atoms with E-state index in [1.807, 2.05) is 0 Å². The lowest BCUT2D eigenvalue weighted by Gasteiger charge is -2.34. The van der Waals surface area contributed by atoms with E-state index in [0.29, 0.717) is 13.0 Å². The van der Waals surface area contributed by atoms with Crippen LogP contribution in [0.2, 0.25) is 0 Å². The van der Waals surface area contributed by atoms with E-state index in [-0.39, 0.29) is 55.4 Å². The molecule has 13 nitrogen and oxygen atoms in total. The van der Waals surface area contributed by atoms with Gasteiger partial charge < -0.3 is 37.6 Å². The molecule has 0 aromatic rings. The Morgan fingerprint density at radius 1 is 1.05 bits per heavy atom. The minimum Gasteiger partial charge on any atom is -0.370 e. The molecule has 1 heterocycles. The van der Waals surface area contributed by atoms with Crippen LogP contribution in [0.1, 0.15) is 79.1 Å². The fraction of sp³-hybridized carbons (Fsp3) is 0.769. The number of guanidine groups is 1. The van der Waals surface area contributed by atoms with Crippen molar-refractivity contribution in [1.82, 2.24) is 31.9 Å². The van der Waals surface area contributed by atoms with Gasteiger partial charge in [0.2, 0.25) is 29.5 Å². The van der Waals surface area contributed by atoms with E-state index in [1.165, 1.54) is 0 Å². The van der Waals surface area contributed by atoms with E-state index in [0.717, 1.165) is 25.7 Å². The number of amides is 5. The molecule has 0 aromatic heterocycles. The summed E-state index contributed by atoms with van der Waals surface area (Å²) in [7, 11) is 0. The van der Waals surface area contributed by atoms with Crippen LogP contribution in [0.4, 0.5) is 0 Å². The summed E-state index contributed by atoms with van der Waals surface area (Å²) in [6, 6.07) is -2.67. The van der Waals surface area contributed by atoms with Gasteiger partial charge in [-0.25, -0.2) is 0 Å². The predicted octanol–water partition coefficient (Wildman–Crippen LogP) is -0.645. The molecule has 0 bridgehead atoms. The van der Waals surface area contributed by atoms with Gasteiger partial charge in [-0.15, -0.1) is 0 Å². The van der Waals surface area contributed by atoms with Crippen molar-refractivity contribution in [3.05, 3.63) is 0 Å². The predicted molar refractivity (Wildman–Crippen MR) is 146 cm³/mol. The van der Waals surface area contributed by atoms with Gasteiger partial charge in [0.15, 0.2) is 5.96 Å². The molecule has 5 amide bonds. The number of carbonyl (C=O) groups is 5. The molecule has 220 valence electrons. The molecule has 9 N–H and O–H groups in total. The first-order valence-corrected chi connectivity index (χ1v) is 14.0. The second-order valence-corrected chi connectivity index (χ2v) is 11.0. The summed E-state index contributed by atoms with van der Waals surface area (Å²) < 4.78 is 0. The Morgan fingerprint density at radius 2 is 1.69 bits per heavy atom. The maximum Gasteiger partial charge on any atom is 0.246 e. The first kappa shape index (κ1) is 31.8. The Bertz CT molecular complexity index is 920. The third kappa shape index (κ3) is 9.39. The number of nitrogens with two attached hydrogens (primary N) is 1. The van der Waals surface area contributed by atoms with Gasteiger partial charge in [0.05, 0.1) is 0 Å². The minimum atomic E-state index is -1.41. The summed E-state index contributed by atoms with van der Waals surface area (Å²) >= 11 is 0. The molecule has 1 aliphatic carbocycles. The Balaban J connectivity index is 2.38. The van der Waals surface area contributed by atoms with Crippen molar-refractivity contribution in [2.45, 2.75) is 103 Å². The maximum atomic E-state index is 13.6. The molecule has 0 spiro atoms. The highest BCUT2D eigenvalue weighted by Crippen LogP contribution is 2.28. The van der Waals surface area contributed by atoms with Crippen molar-refractivity contribution in [2.75, 3.05) is 13.1 Å². The molecular formula is C26H46N8O5. The van der Waals surface area contributed by atoms with Crippen LogP contribution in [0.5, 0.6) is 0 Å². The van der Waals surface area contributed by atoms with Crippen LogP contribution >= 0.6 is 0 Å². The molecule has 2 fully saturated rings. The fourth-order valence-electron chi connectivity index (χ4n) is 4.88. The van der Waals surface area contributed by atoms with Crippen LogP contribution in [0, 0.1) is 17.2 Å². The molecule has 1 saturated carbocycles. The van der Waals surface area contributed by atoms with Gasteiger partial charge in [-0.3, -0.25) is 29.4 Å². The van der Waals surface area contributed by atoms with Crippen molar-refractivity contribution >= 4 is 35.5 Å². The summed E-state index contributed by atoms with van der Waals surface area (Å²) in [5.41, 5.74) is 3.93. The molecule has 0 radical (unpaired) electrons. The summed E-state index contributed by atoms with van der Waals surface area (Å²) in [6.07, 6.45) is 4.51. The fourth-order valence-corrected chi connectivity index (χ4v) is 4.88. The van der Waals surface area contributed by atoms with Crippen molar-refractivity contribution < 1.29 is 24.0 Å². The Morgan fingerprint density at radius 3 is 2.28 bits per heavy atom. The standard InChI is InChI=1S/C26H46N8O5/c1-5-17-21(36)33-19(16-9-6-7-10-16)23(38)29-14-12-26(4,34-20(35)15(2)3)24(39)32-18(22(37)31-17)11-8-13-30-25(27)28/h15-19H,5-14H2,1-4H3,(H,29,38)(H,31,37)(H,32,39)(H,33,36)(H,34,35)(H4,27,28,30)/t17-,18-,19+,26+/m0/s1. The van der Waals surface area contributed by atoms with Crippen molar-refractivity contribution in [3.63, 3.8) is 0 Å². The van der Waals surface area contributed by atoms with Gasteiger partial charge in [-0.2, -0.15) is 0 Å². The highest BCUT2D eigenvalue weighted by Gasteiger charge is 2.39. The van der Waals surface area contributed by atoms with Crippen LogP contribution in [-0.4, -0.2) is 72.2 Å². The van der Waals surface area contributed by atoms with E-state index in [1.54, 1.807) is 27.7 Å². The van der Waals surface area contributed by atoms with Gasteiger partial charge in [-0.1, -0.05) is 33.6 Å². The molecule has 0 unspecified atom stereocenters. The summed E-state index contributed by atoms with van der Waals surface area (Å²) in [5, 5.41) is 24.0. The quantitative estimate of drug-likeness (QED) is 0.111. The molecular weight excluding hydrogens is 504 g/mol. The van der Waals surface area contributed by atoms with Crippen LogP contribution in [0.25, 0.3) is 0 Å². The Labute approximate surface area is 230 Å². The molecule has 1 aliphatic heterocycles. The molecule has 2 aliphatic rings. The molecule has 39 heavy (non-hydrogen) atoms. The average Bonchev–Trinajstić information content (AvgIpc) is 3.40. The smallest absolute Gasteiger partial charge is 0.246 e. The van der Waals surface area contributed by atoms with Crippen LogP contribution in [0.3, 0.4) is 0 Å². The van der Waals surface area contributed by atoms with E-state index < -0.39 is 41.4 Å². The van der Waals surface area contributed by atoms with Crippen LogP contribution in [0.15, 0.2) is 0 Å². The largest absolute Gasteiger partial charge is 0.370 e. The van der Waals surface area contributed by atoms with E-state index in [2.05, 4.69) is 31.9 Å². The summed E-state index contributed by atoms with van der Waals surface area (Å²) in [4.78, 5) is 65.9. The number of hydrogen-bond donors (Lipinski definition) is 8. The second kappa shape index (κ2) is 14.7. The molecule has 4 atom stereocenters. The van der Waals surface area contributed by atoms with Gasteiger partial charge >= 0.3 is 0 Å². The number of rotatable bonds is 8. The molecule has 0 aromatic carbocycles. The Kier molecular flexibility index (Phi) is 12.0. The first-order chi connectivity index (χ1) is 18.4. The van der Waals surface area contributed by atoms with E-state index >= 15 is 0 Å². The lowest BCUT2D eigenvalue weighted by atomic mass is 9.93. The molecule has 13 heteroatoms. The topological polar surface area (TPSA) is 207 Å². The highest BCUT2D eigenvalue weighted by atomic mass is 16.2. The molecule has 2 rings (SSSR count). The second-order valence-electron chi connectivity index (χ2n) is 11.0. The lowest BCUT2D eigenvalue weighted by Crippen LogP contribution is -2.64. The van der Waals surface area contributed by atoms with E-state index in [4.69, 9.17) is 11.1 Å². The normalized spacial score (nSPS) is 27.6. The zero-order valence-electron chi connectivity index (χ0n) is 23.6. The highest BCUT2D eigenvalue weighted by molar-refractivity contribution is 5.97. The van der Waals surface area contributed by atoms with Crippen molar-refractivity contribution in [2.24, 2.45) is 17.6 Å². The lowest BCUT2D eigenvalue weighted by molar-refractivity contribution is -0.138. The third-order valence-corrected chi connectivity index (χ3v) is 7.45. The minimum absolute atomic E-state index is 0.0214. The first-order valence-electron chi connectivity index (χ1n) is 14.0. The number of nitrogens with one attached hydrogen (secondary N) is 7. The zero-order valence-corrected chi connectivity index (χ0v) is 23.6. The van der Waals surface area contributed by atoms with Crippen LogP contribution in [-0.2, 0) is 24.0 Å². The van der Waals surface area contributed by atoms with Gasteiger partial charge in [0.1, 0.15) is 23.7 Å². The zero-order chi connectivity index (χ0) is 29.2. The van der Waals surface area contributed by atoms with E-state index in [9.17, 15) is 24.0 Å².